The molecule has 0 saturated heterocycles. The van der Waals surface area contributed by atoms with Crippen molar-refractivity contribution in [3.05, 3.63) is 83.2 Å². The van der Waals surface area contributed by atoms with Crippen molar-refractivity contribution in [1.82, 2.24) is 19.5 Å². The second kappa shape index (κ2) is 9.12. The summed E-state index contributed by atoms with van der Waals surface area (Å²) in [7, 11) is 0. The summed E-state index contributed by atoms with van der Waals surface area (Å²) in [5.74, 6) is 2.31. The van der Waals surface area contributed by atoms with Crippen molar-refractivity contribution in [3.8, 4) is 17.4 Å². The molecule has 2 aromatic heterocycles. The number of nitrogens with one attached hydrogen (secondary N) is 2. The minimum absolute atomic E-state index is 0.306. The Morgan fingerprint density at radius 1 is 0.939 bits per heavy atom. The standard InChI is InChI=1S/C25H26N6O2/c1-15-7-6-8-22(16(15)2)30-25(32)29-20-9-11-21(12-10-20)33-24-13-23(27-19(5)28-24)31-14-26-17(3)18(31)4/h6-14H,1-5H3,(H2,29,30,32). The van der Waals surface area contributed by atoms with Gasteiger partial charge in [-0.05, 0) is 76.1 Å². The molecule has 168 valence electrons. The molecule has 0 bridgehead atoms. The average Bonchev–Trinajstić information content (AvgIpc) is 3.11. The van der Waals surface area contributed by atoms with Crippen LogP contribution in [-0.2, 0) is 0 Å². The summed E-state index contributed by atoms with van der Waals surface area (Å²) < 4.78 is 7.84. The average molecular weight is 443 g/mol. The van der Waals surface area contributed by atoms with E-state index < -0.39 is 0 Å². The van der Waals surface area contributed by atoms with Gasteiger partial charge in [-0.3, -0.25) is 4.57 Å². The van der Waals surface area contributed by atoms with Gasteiger partial charge < -0.3 is 15.4 Å². The molecule has 2 amide bonds. The van der Waals surface area contributed by atoms with E-state index in [4.69, 9.17) is 4.74 Å². The first-order valence-corrected chi connectivity index (χ1v) is 10.6. The highest BCUT2D eigenvalue weighted by atomic mass is 16.5. The fraction of sp³-hybridized carbons (Fsp3) is 0.200. The number of hydrogen-bond acceptors (Lipinski definition) is 5. The Morgan fingerprint density at radius 3 is 2.39 bits per heavy atom. The third-order valence-corrected chi connectivity index (χ3v) is 5.49. The fourth-order valence-electron chi connectivity index (χ4n) is 3.33. The summed E-state index contributed by atoms with van der Waals surface area (Å²) in [6, 6.07) is 14.4. The summed E-state index contributed by atoms with van der Waals surface area (Å²) >= 11 is 0. The van der Waals surface area contributed by atoms with E-state index in [0.29, 0.717) is 29.0 Å². The lowest BCUT2D eigenvalue weighted by Crippen LogP contribution is -2.20. The highest BCUT2D eigenvalue weighted by Gasteiger charge is 2.11. The first kappa shape index (κ1) is 22.0. The Hall–Kier alpha value is -4.20. The van der Waals surface area contributed by atoms with Crippen LogP contribution in [-0.4, -0.2) is 25.6 Å². The van der Waals surface area contributed by atoms with E-state index in [-0.39, 0.29) is 6.03 Å². The number of aryl methyl sites for hydroxylation is 3. The molecular weight excluding hydrogens is 416 g/mol. The Balaban J connectivity index is 1.44. The van der Waals surface area contributed by atoms with E-state index in [0.717, 1.165) is 28.2 Å². The zero-order valence-corrected chi connectivity index (χ0v) is 19.3. The lowest BCUT2D eigenvalue weighted by Gasteiger charge is -2.12. The van der Waals surface area contributed by atoms with Gasteiger partial charge in [-0.2, -0.15) is 4.98 Å². The molecule has 8 nitrogen and oxygen atoms in total. The molecule has 0 fully saturated rings. The molecular formula is C25H26N6O2. The topological polar surface area (TPSA) is 94.0 Å². The van der Waals surface area contributed by atoms with E-state index in [1.165, 1.54) is 0 Å². The van der Waals surface area contributed by atoms with Crippen molar-refractivity contribution >= 4 is 17.4 Å². The third kappa shape index (κ3) is 5.01. The Morgan fingerprint density at radius 2 is 1.70 bits per heavy atom. The first-order valence-electron chi connectivity index (χ1n) is 10.6. The molecule has 0 aliphatic carbocycles. The van der Waals surface area contributed by atoms with Crippen LogP contribution < -0.4 is 15.4 Å². The number of anilines is 2. The van der Waals surface area contributed by atoms with Crippen molar-refractivity contribution in [3.63, 3.8) is 0 Å². The van der Waals surface area contributed by atoms with Crippen LogP contribution >= 0.6 is 0 Å². The molecule has 0 radical (unpaired) electrons. The molecule has 0 aliphatic heterocycles. The van der Waals surface area contributed by atoms with Gasteiger partial charge in [0.25, 0.3) is 0 Å². The van der Waals surface area contributed by atoms with Gasteiger partial charge in [-0.15, -0.1) is 0 Å². The van der Waals surface area contributed by atoms with Crippen LogP contribution in [0, 0.1) is 34.6 Å². The number of hydrogen-bond donors (Lipinski definition) is 2. The van der Waals surface area contributed by atoms with Crippen LogP contribution in [0.15, 0.2) is 54.9 Å². The van der Waals surface area contributed by atoms with Gasteiger partial charge in [-0.25, -0.2) is 14.8 Å². The minimum Gasteiger partial charge on any atom is -0.439 e. The maximum atomic E-state index is 12.4. The van der Waals surface area contributed by atoms with E-state index in [1.807, 2.05) is 57.4 Å². The second-order valence-electron chi connectivity index (χ2n) is 7.85. The molecule has 0 aliphatic rings. The number of benzene rings is 2. The lowest BCUT2D eigenvalue weighted by atomic mass is 10.1. The summed E-state index contributed by atoms with van der Waals surface area (Å²) in [5, 5.41) is 5.72. The number of amides is 2. The third-order valence-electron chi connectivity index (χ3n) is 5.49. The summed E-state index contributed by atoms with van der Waals surface area (Å²) in [6.07, 6.45) is 1.74. The van der Waals surface area contributed by atoms with Gasteiger partial charge in [0.05, 0.1) is 5.69 Å². The zero-order chi connectivity index (χ0) is 23.5. The fourth-order valence-corrected chi connectivity index (χ4v) is 3.33. The normalized spacial score (nSPS) is 10.7. The van der Waals surface area contributed by atoms with Crippen molar-refractivity contribution < 1.29 is 9.53 Å². The van der Waals surface area contributed by atoms with Crippen molar-refractivity contribution in [2.45, 2.75) is 34.6 Å². The molecule has 33 heavy (non-hydrogen) atoms. The maximum absolute atomic E-state index is 12.4. The maximum Gasteiger partial charge on any atom is 0.323 e. The molecule has 2 heterocycles. The molecule has 4 rings (SSSR count). The van der Waals surface area contributed by atoms with Crippen LogP contribution in [0.3, 0.4) is 0 Å². The van der Waals surface area contributed by atoms with E-state index in [9.17, 15) is 4.79 Å². The van der Waals surface area contributed by atoms with Crippen LogP contribution in [0.5, 0.6) is 11.6 Å². The Labute approximate surface area is 192 Å². The van der Waals surface area contributed by atoms with Gasteiger partial charge in [0.15, 0.2) is 0 Å². The van der Waals surface area contributed by atoms with Crippen LogP contribution in [0.2, 0.25) is 0 Å². The number of imidazole rings is 1. The van der Waals surface area contributed by atoms with Crippen molar-refractivity contribution in [2.24, 2.45) is 0 Å². The molecule has 0 saturated carbocycles. The van der Waals surface area contributed by atoms with Gasteiger partial charge >= 0.3 is 6.03 Å². The number of carbonyl (C=O) groups excluding carboxylic acids is 1. The van der Waals surface area contributed by atoms with Crippen molar-refractivity contribution in [2.75, 3.05) is 10.6 Å². The van der Waals surface area contributed by atoms with Crippen LogP contribution in [0.4, 0.5) is 16.2 Å². The highest BCUT2D eigenvalue weighted by molar-refractivity contribution is 6.00. The summed E-state index contributed by atoms with van der Waals surface area (Å²) in [6.45, 7) is 9.75. The predicted molar refractivity (Wildman–Crippen MR) is 128 cm³/mol. The Bertz CT molecular complexity index is 1310. The second-order valence-corrected chi connectivity index (χ2v) is 7.85. The van der Waals surface area contributed by atoms with E-state index in [2.05, 4.69) is 25.6 Å². The van der Waals surface area contributed by atoms with Gasteiger partial charge in [0.2, 0.25) is 5.88 Å². The lowest BCUT2D eigenvalue weighted by molar-refractivity contribution is 0.262. The number of nitrogens with zero attached hydrogens (tertiary/aromatic N) is 4. The minimum atomic E-state index is -0.306. The van der Waals surface area contributed by atoms with Gasteiger partial charge in [-0.1, -0.05) is 12.1 Å². The molecule has 2 aromatic carbocycles. The van der Waals surface area contributed by atoms with Gasteiger partial charge in [0.1, 0.15) is 23.7 Å². The van der Waals surface area contributed by atoms with Gasteiger partial charge in [0, 0.05) is 23.1 Å². The summed E-state index contributed by atoms with van der Waals surface area (Å²) in [5.41, 5.74) is 5.54. The molecule has 0 spiro atoms. The molecule has 8 heteroatoms. The largest absolute Gasteiger partial charge is 0.439 e. The quantitative estimate of drug-likeness (QED) is 0.417. The SMILES string of the molecule is Cc1nc(Oc2ccc(NC(=O)Nc3cccc(C)c3C)cc2)cc(-n2cnc(C)c2C)n1. The molecule has 4 aromatic rings. The van der Waals surface area contributed by atoms with E-state index in [1.54, 1.807) is 36.7 Å². The molecule has 0 unspecified atom stereocenters. The summed E-state index contributed by atoms with van der Waals surface area (Å²) in [4.78, 5) is 25.6. The first-order chi connectivity index (χ1) is 15.8. The van der Waals surface area contributed by atoms with Crippen LogP contribution in [0.25, 0.3) is 5.82 Å². The molecule has 2 N–H and O–H groups in total. The van der Waals surface area contributed by atoms with E-state index >= 15 is 0 Å². The number of ether oxygens (including phenoxy) is 1. The predicted octanol–water partition coefficient (Wildman–Crippen LogP) is 5.64. The van der Waals surface area contributed by atoms with Crippen molar-refractivity contribution in [1.29, 1.82) is 0 Å². The Kier molecular flexibility index (Phi) is 6.08. The van der Waals surface area contributed by atoms with Crippen LogP contribution in [0.1, 0.15) is 28.3 Å². The monoisotopic (exact) mass is 442 g/mol. The zero-order valence-electron chi connectivity index (χ0n) is 19.3. The number of rotatable bonds is 5. The highest BCUT2D eigenvalue weighted by Crippen LogP contribution is 2.24. The number of urea groups is 1. The number of aromatic nitrogens is 4. The molecule has 0 atom stereocenters. The smallest absolute Gasteiger partial charge is 0.323 e. The number of carbonyl (C=O) groups is 1.